The van der Waals surface area contributed by atoms with Crippen molar-refractivity contribution in [1.29, 1.82) is 0 Å². The van der Waals surface area contributed by atoms with E-state index in [1.807, 2.05) is 0 Å². The van der Waals surface area contributed by atoms with Crippen molar-refractivity contribution in [2.24, 2.45) is 0 Å². The van der Waals surface area contributed by atoms with Gasteiger partial charge in [0.1, 0.15) is 0 Å². The first kappa shape index (κ1) is 43.7. The minimum absolute atomic E-state index is 0.257. The highest BCUT2D eigenvalue weighted by molar-refractivity contribution is 6.29. The Morgan fingerprint density at radius 1 is 0.284 bits per heavy atom. The second-order valence-electron chi connectivity index (χ2n) is 21.0. The Morgan fingerprint density at radius 2 is 0.689 bits per heavy atom. The second kappa shape index (κ2) is 16.7. The zero-order chi connectivity index (χ0) is 49.7. The first-order valence-corrected chi connectivity index (χ1v) is 25.7. The van der Waals surface area contributed by atoms with Gasteiger partial charge in [-0.25, -0.2) is 9.97 Å². The molecule has 0 spiro atoms. The molecule has 0 unspecified atom stereocenters. The van der Waals surface area contributed by atoms with Crippen molar-refractivity contribution in [3.8, 4) is 67.5 Å². The van der Waals surface area contributed by atoms with Gasteiger partial charge in [-0.3, -0.25) is 0 Å². The summed E-state index contributed by atoms with van der Waals surface area (Å²) >= 11 is 0. The lowest BCUT2D eigenvalue weighted by Gasteiger charge is -2.44. The normalized spacial score (nSPS) is 13.6. The minimum Gasteiger partial charge on any atom is -0.309 e. The van der Waals surface area contributed by atoms with Crippen LogP contribution in [0, 0.1) is 0 Å². The summed E-state index contributed by atoms with van der Waals surface area (Å²) in [5.74, 6) is 0.699. The molecule has 1 aliphatic carbocycles. The van der Waals surface area contributed by atoms with Gasteiger partial charge in [0.05, 0.1) is 33.5 Å². The molecule has 0 saturated carbocycles. The molecule has 10 aromatic carbocycles. The highest BCUT2D eigenvalue weighted by Gasteiger charge is 2.42. The van der Waals surface area contributed by atoms with Crippen molar-refractivity contribution >= 4 is 43.6 Å². The number of hydrogen-bond donors (Lipinski definition) is 0. The summed E-state index contributed by atoms with van der Waals surface area (Å²) in [4.78, 5) is 10.7. The van der Waals surface area contributed by atoms with Crippen LogP contribution in [-0.2, 0) is 10.8 Å². The van der Waals surface area contributed by atoms with Gasteiger partial charge in [-0.05, 0) is 105 Å². The summed E-state index contributed by atoms with van der Waals surface area (Å²) in [6.07, 6.45) is 0. The number of nitrogens with zero attached hydrogens (tertiary/aromatic N) is 4. The van der Waals surface area contributed by atoms with E-state index < -0.39 is 0 Å². The summed E-state index contributed by atoms with van der Waals surface area (Å²) in [7, 11) is 0. The monoisotopic (exact) mass is 948 g/mol. The van der Waals surface area contributed by atoms with Crippen LogP contribution in [-0.4, -0.2) is 19.1 Å². The molecule has 0 bridgehead atoms. The lowest BCUT2D eigenvalue weighted by Crippen LogP contribution is -2.36. The van der Waals surface area contributed by atoms with Crippen LogP contribution in [0.15, 0.2) is 243 Å². The zero-order valence-corrected chi connectivity index (χ0v) is 41.9. The van der Waals surface area contributed by atoms with Gasteiger partial charge in [0.25, 0.3) is 0 Å². The van der Waals surface area contributed by atoms with Crippen LogP contribution in [0.3, 0.4) is 0 Å². The van der Waals surface area contributed by atoms with Crippen molar-refractivity contribution < 1.29 is 0 Å². The number of benzene rings is 10. The highest BCUT2D eigenvalue weighted by atomic mass is 15.0. The predicted molar refractivity (Wildman–Crippen MR) is 309 cm³/mol. The molecule has 3 heterocycles. The molecule has 0 radical (unpaired) electrons. The highest BCUT2D eigenvalue weighted by Crippen LogP contribution is 2.52. The molecule has 0 saturated heterocycles. The van der Waals surface area contributed by atoms with E-state index in [1.54, 1.807) is 0 Å². The predicted octanol–water partition coefficient (Wildman–Crippen LogP) is 18.0. The smallest absolute Gasteiger partial charge is 0.160 e. The lowest BCUT2D eigenvalue weighted by molar-refractivity contribution is 0.520. The van der Waals surface area contributed by atoms with Crippen molar-refractivity contribution in [3.05, 3.63) is 265 Å². The SMILES string of the molecule is CC1(C)c2ccc(-c3cc(-c4ccc(-c5ccccc5)cc4)nc(-c4ccc(-c5ccccc5)cc4)n3)cc2C(C)(C)c2cc(-n3c4ccccc4c4c5c6ccccc6n(-c6ccccc6)c5ccc43)ccc21. The molecule has 14 rings (SSSR count). The van der Waals surface area contributed by atoms with E-state index in [4.69, 9.17) is 9.97 Å². The van der Waals surface area contributed by atoms with E-state index in [0.29, 0.717) is 5.82 Å². The Bertz CT molecular complexity index is 4210. The average Bonchev–Trinajstić information content (AvgIpc) is 4.07. The van der Waals surface area contributed by atoms with Gasteiger partial charge in [-0.1, -0.05) is 210 Å². The Labute approximate surface area is 431 Å². The van der Waals surface area contributed by atoms with E-state index in [0.717, 1.165) is 45.0 Å². The largest absolute Gasteiger partial charge is 0.309 e. The van der Waals surface area contributed by atoms with Crippen LogP contribution in [0.4, 0.5) is 0 Å². The lowest BCUT2D eigenvalue weighted by atomic mass is 9.59. The summed E-state index contributed by atoms with van der Waals surface area (Å²) in [6.45, 7) is 9.58. The van der Waals surface area contributed by atoms with E-state index >= 15 is 0 Å². The Hall–Kier alpha value is -9.12. The van der Waals surface area contributed by atoms with E-state index in [9.17, 15) is 0 Å². The molecule has 352 valence electrons. The maximum Gasteiger partial charge on any atom is 0.160 e. The Morgan fingerprint density at radius 3 is 1.26 bits per heavy atom. The molecule has 0 fully saturated rings. The number of fused-ring (bicyclic) bond motifs is 9. The third kappa shape index (κ3) is 6.82. The Kier molecular flexibility index (Phi) is 9.87. The van der Waals surface area contributed by atoms with Crippen LogP contribution in [0.1, 0.15) is 49.9 Å². The molecular formula is C70H52N4. The van der Waals surface area contributed by atoms with Crippen molar-refractivity contribution in [2.75, 3.05) is 0 Å². The van der Waals surface area contributed by atoms with E-state index in [2.05, 4.69) is 279 Å². The van der Waals surface area contributed by atoms with Gasteiger partial charge in [0, 0.05) is 60.4 Å². The fourth-order valence-corrected chi connectivity index (χ4v) is 12.2. The average molecular weight is 949 g/mol. The number of aromatic nitrogens is 4. The fourth-order valence-electron chi connectivity index (χ4n) is 12.2. The number of para-hydroxylation sites is 3. The number of rotatable bonds is 7. The van der Waals surface area contributed by atoms with Gasteiger partial charge in [-0.15, -0.1) is 0 Å². The maximum absolute atomic E-state index is 5.39. The van der Waals surface area contributed by atoms with Gasteiger partial charge in [0.15, 0.2) is 5.82 Å². The van der Waals surface area contributed by atoms with Crippen LogP contribution in [0.2, 0.25) is 0 Å². The summed E-state index contributed by atoms with van der Waals surface area (Å²) in [6, 6.07) is 88.1. The van der Waals surface area contributed by atoms with Crippen LogP contribution >= 0.6 is 0 Å². The maximum atomic E-state index is 5.39. The molecule has 4 heteroatoms. The van der Waals surface area contributed by atoms with Crippen molar-refractivity contribution in [3.63, 3.8) is 0 Å². The Balaban J connectivity index is 0.908. The van der Waals surface area contributed by atoms with E-state index in [-0.39, 0.29) is 10.8 Å². The van der Waals surface area contributed by atoms with Crippen molar-refractivity contribution in [1.82, 2.24) is 19.1 Å². The molecule has 0 amide bonds. The summed E-state index contributed by atoms with van der Waals surface area (Å²) in [5, 5.41) is 5.06. The summed E-state index contributed by atoms with van der Waals surface area (Å²) in [5.41, 5.74) is 21.4. The third-order valence-corrected chi connectivity index (χ3v) is 16.0. The van der Waals surface area contributed by atoms with Gasteiger partial charge < -0.3 is 9.13 Å². The van der Waals surface area contributed by atoms with Crippen LogP contribution in [0.25, 0.3) is 111 Å². The van der Waals surface area contributed by atoms with Gasteiger partial charge in [-0.2, -0.15) is 0 Å². The molecule has 4 nitrogen and oxygen atoms in total. The second-order valence-corrected chi connectivity index (χ2v) is 21.0. The fraction of sp³-hybridized carbons (Fsp3) is 0.0857. The van der Waals surface area contributed by atoms with Crippen LogP contribution in [0.5, 0.6) is 0 Å². The molecule has 74 heavy (non-hydrogen) atoms. The van der Waals surface area contributed by atoms with Gasteiger partial charge >= 0.3 is 0 Å². The topological polar surface area (TPSA) is 35.6 Å². The first-order valence-electron chi connectivity index (χ1n) is 25.7. The molecule has 0 N–H and O–H groups in total. The van der Waals surface area contributed by atoms with E-state index in [1.165, 1.54) is 82.6 Å². The van der Waals surface area contributed by atoms with Crippen LogP contribution < -0.4 is 0 Å². The standard InChI is InChI=1S/C70H52N4/c1-69(2)56-38-36-51(61-44-60(49-32-28-47(29-33-49)45-18-8-5-9-19-45)71-68(72-61)50-34-30-48(31-35-50)46-20-10-6-11-21-46)42-58(56)70(3,4)59-43-53(37-39-57(59)69)74-63-27-17-15-25-55(63)67-65(74)41-40-64-66(67)54-24-14-16-26-62(54)73(64)52-22-12-7-13-23-52/h5-44H,1-4H3. The third-order valence-electron chi connectivity index (χ3n) is 16.0. The molecule has 0 aliphatic heterocycles. The molecule has 1 aliphatic rings. The molecule has 3 aromatic heterocycles. The van der Waals surface area contributed by atoms with Gasteiger partial charge in [0.2, 0.25) is 0 Å². The first-order chi connectivity index (χ1) is 36.2. The number of hydrogen-bond acceptors (Lipinski definition) is 2. The molecular weight excluding hydrogens is 897 g/mol. The summed E-state index contributed by atoms with van der Waals surface area (Å²) < 4.78 is 4.91. The zero-order valence-electron chi connectivity index (χ0n) is 41.9. The molecule has 0 atom stereocenters. The van der Waals surface area contributed by atoms with Crippen molar-refractivity contribution in [2.45, 2.75) is 38.5 Å². The minimum atomic E-state index is -0.347. The quantitative estimate of drug-likeness (QED) is 0.160. The molecule has 13 aromatic rings.